The Bertz CT molecular complexity index is 389. The number of aliphatic hydroxyl groups is 1. The molecule has 0 fully saturated rings. The van der Waals surface area contributed by atoms with E-state index in [1.807, 2.05) is 45.0 Å². The normalized spacial score (nSPS) is 11.1. The summed E-state index contributed by atoms with van der Waals surface area (Å²) in [6.07, 6.45) is 0.522. The number of urea groups is 1. The van der Waals surface area contributed by atoms with Crippen LogP contribution in [0.2, 0.25) is 0 Å². The molecule has 0 spiro atoms. The molecular weight excluding hydrogens is 216 g/mol. The second-order valence-corrected chi connectivity index (χ2v) is 4.81. The van der Waals surface area contributed by atoms with Gasteiger partial charge in [-0.05, 0) is 44.9 Å². The first-order chi connectivity index (χ1) is 7.93. The van der Waals surface area contributed by atoms with E-state index in [9.17, 15) is 4.79 Å². The third kappa shape index (κ3) is 4.87. The fourth-order valence-corrected chi connectivity index (χ4v) is 1.53. The monoisotopic (exact) mass is 236 g/mol. The minimum atomic E-state index is -0.414. The van der Waals surface area contributed by atoms with Gasteiger partial charge in [0.25, 0.3) is 0 Å². The van der Waals surface area contributed by atoms with Gasteiger partial charge in [0.2, 0.25) is 0 Å². The Morgan fingerprint density at radius 1 is 1.41 bits per heavy atom. The molecule has 0 aromatic heterocycles. The summed E-state index contributed by atoms with van der Waals surface area (Å²) in [7, 11) is 0. The largest absolute Gasteiger partial charge is 0.396 e. The van der Waals surface area contributed by atoms with E-state index in [4.69, 9.17) is 5.11 Å². The van der Waals surface area contributed by atoms with Crippen molar-refractivity contribution < 1.29 is 9.90 Å². The summed E-state index contributed by atoms with van der Waals surface area (Å²) in [6.45, 7) is 5.77. The van der Waals surface area contributed by atoms with Crippen molar-refractivity contribution >= 4 is 11.7 Å². The van der Waals surface area contributed by atoms with Crippen LogP contribution in [0, 0.1) is 6.92 Å². The summed E-state index contributed by atoms with van der Waals surface area (Å²) < 4.78 is 0. The Hall–Kier alpha value is -1.55. The van der Waals surface area contributed by atoms with Crippen molar-refractivity contribution in [2.24, 2.45) is 0 Å². The quantitative estimate of drug-likeness (QED) is 0.751. The molecule has 0 aliphatic heterocycles. The first-order valence-corrected chi connectivity index (χ1v) is 5.70. The van der Waals surface area contributed by atoms with E-state index in [2.05, 4.69) is 10.6 Å². The van der Waals surface area contributed by atoms with Crippen LogP contribution < -0.4 is 10.6 Å². The SMILES string of the molecule is Cc1cccc(NC(=O)NC(C)(C)CCO)c1. The third-order valence-corrected chi connectivity index (χ3v) is 2.46. The van der Waals surface area contributed by atoms with Crippen LogP contribution in [0.3, 0.4) is 0 Å². The summed E-state index contributed by atoms with van der Waals surface area (Å²) in [6, 6.07) is 7.35. The van der Waals surface area contributed by atoms with Crippen LogP contribution in [0.15, 0.2) is 24.3 Å². The Labute approximate surface area is 102 Å². The molecule has 0 heterocycles. The second-order valence-electron chi connectivity index (χ2n) is 4.81. The summed E-state index contributed by atoms with van der Waals surface area (Å²) in [4.78, 5) is 11.7. The Balaban J connectivity index is 2.55. The predicted molar refractivity (Wildman–Crippen MR) is 69.1 cm³/mol. The number of aryl methyl sites for hydroxylation is 1. The zero-order chi connectivity index (χ0) is 12.9. The number of hydrogen-bond donors (Lipinski definition) is 3. The van der Waals surface area contributed by atoms with E-state index < -0.39 is 5.54 Å². The smallest absolute Gasteiger partial charge is 0.319 e. The average Bonchev–Trinajstić information content (AvgIpc) is 2.15. The summed E-state index contributed by atoms with van der Waals surface area (Å²) in [5, 5.41) is 14.4. The van der Waals surface area contributed by atoms with Gasteiger partial charge < -0.3 is 15.7 Å². The zero-order valence-corrected chi connectivity index (χ0v) is 10.6. The standard InChI is InChI=1S/C13H20N2O2/c1-10-5-4-6-11(9-10)14-12(17)15-13(2,3)7-8-16/h4-6,9,16H,7-8H2,1-3H3,(H2,14,15,17). The molecule has 0 unspecified atom stereocenters. The van der Waals surface area contributed by atoms with E-state index in [0.717, 1.165) is 11.3 Å². The van der Waals surface area contributed by atoms with Crippen molar-refractivity contribution in [3.8, 4) is 0 Å². The highest BCUT2D eigenvalue weighted by molar-refractivity contribution is 5.89. The molecule has 1 aromatic rings. The molecule has 0 atom stereocenters. The predicted octanol–water partition coefficient (Wildman–Crippen LogP) is 2.28. The first-order valence-electron chi connectivity index (χ1n) is 5.70. The number of nitrogens with one attached hydrogen (secondary N) is 2. The fraction of sp³-hybridized carbons (Fsp3) is 0.462. The lowest BCUT2D eigenvalue weighted by Gasteiger charge is -2.25. The highest BCUT2D eigenvalue weighted by Gasteiger charge is 2.19. The van der Waals surface area contributed by atoms with Gasteiger partial charge in [-0.2, -0.15) is 0 Å². The molecule has 4 heteroatoms. The molecule has 94 valence electrons. The van der Waals surface area contributed by atoms with Crippen LogP contribution in [0.1, 0.15) is 25.8 Å². The van der Waals surface area contributed by atoms with Crippen molar-refractivity contribution in [3.63, 3.8) is 0 Å². The Morgan fingerprint density at radius 2 is 2.12 bits per heavy atom. The highest BCUT2D eigenvalue weighted by Crippen LogP contribution is 2.11. The van der Waals surface area contributed by atoms with Gasteiger partial charge in [-0.15, -0.1) is 0 Å². The molecule has 0 aliphatic rings. The number of benzene rings is 1. The Kier molecular flexibility index (Phi) is 4.52. The maximum atomic E-state index is 11.7. The molecule has 0 radical (unpaired) electrons. The minimum absolute atomic E-state index is 0.0533. The molecule has 0 aliphatic carbocycles. The number of carbonyl (C=O) groups excluding carboxylic acids is 1. The van der Waals surface area contributed by atoms with Crippen LogP contribution in [-0.4, -0.2) is 23.3 Å². The molecule has 2 amide bonds. The third-order valence-electron chi connectivity index (χ3n) is 2.46. The zero-order valence-electron chi connectivity index (χ0n) is 10.6. The number of amides is 2. The summed E-state index contributed by atoms with van der Waals surface area (Å²) in [5.41, 5.74) is 1.45. The molecule has 1 aromatic carbocycles. The second kappa shape index (κ2) is 5.68. The number of hydrogen-bond acceptors (Lipinski definition) is 2. The van der Waals surface area contributed by atoms with Crippen LogP contribution in [0.4, 0.5) is 10.5 Å². The van der Waals surface area contributed by atoms with Gasteiger partial charge in [-0.1, -0.05) is 12.1 Å². The van der Waals surface area contributed by atoms with Crippen LogP contribution in [-0.2, 0) is 0 Å². The van der Waals surface area contributed by atoms with Gasteiger partial charge in [-0.25, -0.2) is 4.79 Å². The first kappa shape index (κ1) is 13.5. The number of rotatable bonds is 4. The van der Waals surface area contributed by atoms with Crippen LogP contribution in [0.25, 0.3) is 0 Å². The van der Waals surface area contributed by atoms with Crippen LogP contribution in [0.5, 0.6) is 0 Å². The van der Waals surface area contributed by atoms with Gasteiger partial charge >= 0.3 is 6.03 Å². The van der Waals surface area contributed by atoms with Crippen molar-refractivity contribution in [2.45, 2.75) is 32.7 Å². The van der Waals surface area contributed by atoms with Gasteiger partial charge in [0.15, 0.2) is 0 Å². The fourth-order valence-electron chi connectivity index (χ4n) is 1.53. The van der Waals surface area contributed by atoms with Crippen molar-refractivity contribution in [3.05, 3.63) is 29.8 Å². The highest BCUT2D eigenvalue weighted by atomic mass is 16.3. The van der Waals surface area contributed by atoms with Gasteiger partial charge in [0.05, 0.1) is 0 Å². The van der Waals surface area contributed by atoms with Gasteiger partial charge in [0.1, 0.15) is 0 Å². The van der Waals surface area contributed by atoms with E-state index in [-0.39, 0.29) is 12.6 Å². The number of aliphatic hydroxyl groups excluding tert-OH is 1. The molecule has 17 heavy (non-hydrogen) atoms. The lowest BCUT2D eigenvalue weighted by Crippen LogP contribution is -2.46. The summed E-state index contributed by atoms with van der Waals surface area (Å²) >= 11 is 0. The van der Waals surface area contributed by atoms with Crippen LogP contribution >= 0.6 is 0 Å². The molecule has 1 rings (SSSR count). The number of anilines is 1. The van der Waals surface area contributed by atoms with Crippen molar-refractivity contribution in [1.82, 2.24) is 5.32 Å². The van der Waals surface area contributed by atoms with Gasteiger partial charge in [-0.3, -0.25) is 0 Å². The average molecular weight is 236 g/mol. The maximum Gasteiger partial charge on any atom is 0.319 e. The van der Waals surface area contributed by atoms with E-state index in [1.165, 1.54) is 0 Å². The summed E-state index contributed by atoms with van der Waals surface area (Å²) in [5.74, 6) is 0. The molecule has 0 saturated heterocycles. The van der Waals surface area contributed by atoms with E-state index >= 15 is 0 Å². The number of carbonyl (C=O) groups is 1. The van der Waals surface area contributed by atoms with Crippen molar-refractivity contribution in [2.75, 3.05) is 11.9 Å². The topological polar surface area (TPSA) is 61.4 Å². The molecular formula is C13H20N2O2. The lowest BCUT2D eigenvalue weighted by molar-refractivity contribution is 0.218. The van der Waals surface area contributed by atoms with E-state index in [0.29, 0.717) is 6.42 Å². The maximum absolute atomic E-state index is 11.7. The molecule has 0 bridgehead atoms. The van der Waals surface area contributed by atoms with Gasteiger partial charge in [0, 0.05) is 17.8 Å². The molecule has 3 N–H and O–H groups in total. The van der Waals surface area contributed by atoms with E-state index in [1.54, 1.807) is 0 Å². The molecule has 0 saturated carbocycles. The lowest BCUT2D eigenvalue weighted by atomic mass is 10.0. The minimum Gasteiger partial charge on any atom is -0.396 e. The molecule has 4 nitrogen and oxygen atoms in total. The Morgan fingerprint density at radius 3 is 2.71 bits per heavy atom. The van der Waals surface area contributed by atoms with Crippen molar-refractivity contribution in [1.29, 1.82) is 0 Å².